The molecule has 0 aliphatic heterocycles. The van der Waals surface area contributed by atoms with E-state index in [1.54, 1.807) is 6.07 Å². The summed E-state index contributed by atoms with van der Waals surface area (Å²) in [6, 6.07) is 5.35. The van der Waals surface area contributed by atoms with Gasteiger partial charge in [-0.1, -0.05) is 15.9 Å². The molecule has 0 bridgehead atoms. The van der Waals surface area contributed by atoms with Crippen LogP contribution < -0.4 is 4.74 Å². The van der Waals surface area contributed by atoms with Crippen LogP contribution in [0, 0.1) is 11.6 Å². The zero-order valence-electron chi connectivity index (χ0n) is 9.03. The fourth-order valence-corrected chi connectivity index (χ4v) is 1.69. The number of rotatable bonds is 3. The van der Waals surface area contributed by atoms with Gasteiger partial charge < -0.3 is 9.84 Å². The van der Waals surface area contributed by atoms with Crippen LogP contribution in [0.5, 0.6) is 11.6 Å². The van der Waals surface area contributed by atoms with Crippen molar-refractivity contribution < 1.29 is 18.6 Å². The highest BCUT2D eigenvalue weighted by molar-refractivity contribution is 9.10. The topological polar surface area (TPSA) is 42.4 Å². The Labute approximate surface area is 110 Å². The van der Waals surface area contributed by atoms with Gasteiger partial charge in [-0.25, -0.2) is 9.37 Å². The summed E-state index contributed by atoms with van der Waals surface area (Å²) in [7, 11) is 0. The second kappa shape index (κ2) is 5.41. The van der Waals surface area contributed by atoms with Gasteiger partial charge in [0.05, 0.1) is 6.61 Å². The Hall–Kier alpha value is -1.53. The first-order chi connectivity index (χ1) is 8.60. The fourth-order valence-electron chi connectivity index (χ4n) is 1.28. The molecule has 0 saturated carbocycles. The van der Waals surface area contributed by atoms with E-state index in [0.29, 0.717) is 10.0 Å². The van der Waals surface area contributed by atoms with E-state index in [2.05, 4.69) is 20.9 Å². The first-order valence-electron chi connectivity index (χ1n) is 4.98. The van der Waals surface area contributed by atoms with Gasteiger partial charge >= 0.3 is 0 Å². The van der Waals surface area contributed by atoms with Crippen molar-refractivity contribution in [3.05, 3.63) is 52.1 Å². The molecule has 0 amide bonds. The number of benzene rings is 1. The first-order valence-corrected chi connectivity index (χ1v) is 5.77. The summed E-state index contributed by atoms with van der Waals surface area (Å²) in [6.45, 7) is -0.146. The molecule has 0 aliphatic carbocycles. The Bertz CT molecular complexity index is 561. The highest BCUT2D eigenvalue weighted by atomic mass is 79.9. The molecule has 1 heterocycles. The highest BCUT2D eigenvalue weighted by Gasteiger charge is 2.12. The zero-order chi connectivity index (χ0) is 13.1. The van der Waals surface area contributed by atoms with E-state index in [1.807, 2.05) is 0 Å². The number of aliphatic hydroxyl groups is 1. The van der Waals surface area contributed by atoms with Gasteiger partial charge in [0, 0.05) is 16.7 Å². The van der Waals surface area contributed by atoms with Crippen molar-refractivity contribution in [2.75, 3.05) is 0 Å². The van der Waals surface area contributed by atoms with Crippen molar-refractivity contribution in [3.63, 3.8) is 0 Å². The maximum atomic E-state index is 13.4. The van der Waals surface area contributed by atoms with E-state index in [0.717, 1.165) is 6.07 Å². The van der Waals surface area contributed by atoms with Crippen LogP contribution in [0.15, 0.2) is 34.9 Å². The van der Waals surface area contributed by atoms with Gasteiger partial charge in [0.15, 0.2) is 11.6 Å². The lowest BCUT2D eigenvalue weighted by Crippen LogP contribution is -1.94. The molecule has 1 N–H and O–H groups in total. The van der Waals surface area contributed by atoms with Crippen molar-refractivity contribution in [3.8, 4) is 11.6 Å². The number of halogens is 3. The molecule has 94 valence electrons. The number of hydrogen-bond donors (Lipinski definition) is 1. The van der Waals surface area contributed by atoms with Gasteiger partial charge in [0.1, 0.15) is 0 Å². The van der Waals surface area contributed by atoms with Crippen molar-refractivity contribution in [1.29, 1.82) is 0 Å². The summed E-state index contributed by atoms with van der Waals surface area (Å²) in [4.78, 5) is 3.86. The lowest BCUT2D eigenvalue weighted by Gasteiger charge is -2.07. The summed E-state index contributed by atoms with van der Waals surface area (Å²) in [5, 5.41) is 8.84. The first kappa shape index (κ1) is 12.9. The van der Waals surface area contributed by atoms with Crippen LogP contribution in [0.1, 0.15) is 5.56 Å². The molecule has 0 saturated heterocycles. The quantitative estimate of drug-likeness (QED) is 0.883. The molecule has 1 aromatic heterocycles. The standard InChI is InChI=1S/C12H8BrF2NO2/c13-8-3-9(14)12(15)10(4-8)18-11-2-1-7(6-17)5-16-11/h1-5,17H,6H2. The van der Waals surface area contributed by atoms with E-state index in [-0.39, 0.29) is 18.2 Å². The summed E-state index contributed by atoms with van der Waals surface area (Å²) in [6.07, 6.45) is 1.39. The molecule has 0 spiro atoms. The van der Waals surface area contributed by atoms with E-state index in [9.17, 15) is 8.78 Å². The van der Waals surface area contributed by atoms with Crippen molar-refractivity contribution in [2.24, 2.45) is 0 Å². The van der Waals surface area contributed by atoms with E-state index >= 15 is 0 Å². The van der Waals surface area contributed by atoms with Crippen molar-refractivity contribution in [2.45, 2.75) is 6.61 Å². The van der Waals surface area contributed by atoms with E-state index in [1.165, 1.54) is 18.3 Å². The molecule has 1 aromatic carbocycles. The van der Waals surface area contributed by atoms with Gasteiger partial charge in [0.2, 0.25) is 11.7 Å². The SMILES string of the molecule is OCc1ccc(Oc2cc(Br)cc(F)c2F)nc1. The maximum absolute atomic E-state index is 13.4. The Kier molecular flexibility index (Phi) is 3.88. The highest BCUT2D eigenvalue weighted by Crippen LogP contribution is 2.28. The van der Waals surface area contributed by atoms with Crippen LogP contribution in [-0.2, 0) is 6.61 Å². The number of hydrogen-bond acceptors (Lipinski definition) is 3. The summed E-state index contributed by atoms with van der Waals surface area (Å²) < 4.78 is 32.0. The third-order valence-corrected chi connectivity index (χ3v) is 2.61. The van der Waals surface area contributed by atoms with Crippen LogP contribution in [0.4, 0.5) is 8.78 Å². The normalized spacial score (nSPS) is 10.4. The molecule has 2 aromatic rings. The lowest BCUT2D eigenvalue weighted by atomic mass is 10.3. The minimum absolute atomic E-state index is 0.114. The van der Waals surface area contributed by atoms with Gasteiger partial charge in [-0.05, 0) is 23.8 Å². The zero-order valence-corrected chi connectivity index (χ0v) is 10.6. The molecule has 0 aliphatic rings. The third-order valence-electron chi connectivity index (χ3n) is 2.15. The van der Waals surface area contributed by atoms with Gasteiger partial charge in [0.25, 0.3) is 0 Å². The molecule has 2 rings (SSSR count). The molecule has 0 radical (unpaired) electrons. The predicted octanol–water partition coefficient (Wildman–Crippen LogP) is 3.41. The predicted molar refractivity (Wildman–Crippen MR) is 64.3 cm³/mol. The Balaban J connectivity index is 2.27. The second-order valence-corrected chi connectivity index (χ2v) is 4.38. The third kappa shape index (κ3) is 2.83. The van der Waals surface area contributed by atoms with Gasteiger partial charge in [-0.2, -0.15) is 4.39 Å². The smallest absolute Gasteiger partial charge is 0.219 e. The molecule has 6 heteroatoms. The largest absolute Gasteiger partial charge is 0.436 e. The minimum atomic E-state index is -1.08. The van der Waals surface area contributed by atoms with Crippen molar-refractivity contribution in [1.82, 2.24) is 4.98 Å². The van der Waals surface area contributed by atoms with Crippen LogP contribution >= 0.6 is 15.9 Å². The number of ether oxygens (including phenoxy) is 1. The summed E-state index contributed by atoms with van der Waals surface area (Å²) >= 11 is 3.04. The monoisotopic (exact) mass is 315 g/mol. The molecular weight excluding hydrogens is 308 g/mol. The minimum Gasteiger partial charge on any atom is -0.436 e. The number of pyridine rings is 1. The van der Waals surface area contributed by atoms with Crippen LogP contribution in [0.3, 0.4) is 0 Å². The number of aromatic nitrogens is 1. The Morgan fingerprint density at radius 2 is 2.06 bits per heavy atom. The molecule has 3 nitrogen and oxygen atoms in total. The molecule has 0 fully saturated rings. The Morgan fingerprint density at radius 3 is 2.67 bits per heavy atom. The molecule has 18 heavy (non-hydrogen) atoms. The summed E-state index contributed by atoms with van der Waals surface area (Å²) in [5.41, 5.74) is 0.600. The van der Waals surface area contributed by atoms with Crippen LogP contribution in [-0.4, -0.2) is 10.1 Å². The number of aliphatic hydroxyl groups excluding tert-OH is 1. The maximum Gasteiger partial charge on any atom is 0.219 e. The number of nitrogens with zero attached hydrogens (tertiary/aromatic N) is 1. The molecule has 0 atom stereocenters. The lowest BCUT2D eigenvalue weighted by molar-refractivity contribution is 0.281. The molecular formula is C12H8BrF2NO2. The van der Waals surface area contributed by atoms with Gasteiger partial charge in [-0.15, -0.1) is 0 Å². The molecule has 0 unspecified atom stereocenters. The van der Waals surface area contributed by atoms with Crippen LogP contribution in [0.2, 0.25) is 0 Å². The van der Waals surface area contributed by atoms with E-state index in [4.69, 9.17) is 9.84 Å². The van der Waals surface area contributed by atoms with Crippen molar-refractivity contribution >= 4 is 15.9 Å². The van der Waals surface area contributed by atoms with E-state index < -0.39 is 11.6 Å². The van der Waals surface area contributed by atoms with Gasteiger partial charge in [-0.3, -0.25) is 0 Å². The van der Waals surface area contributed by atoms with Crippen LogP contribution in [0.25, 0.3) is 0 Å². The fraction of sp³-hybridized carbons (Fsp3) is 0.0833. The average Bonchev–Trinajstić information content (AvgIpc) is 2.36. The Morgan fingerprint density at radius 1 is 1.28 bits per heavy atom. The second-order valence-electron chi connectivity index (χ2n) is 3.46. The average molecular weight is 316 g/mol. The summed E-state index contributed by atoms with van der Waals surface area (Å²) in [5.74, 6) is -2.23.